The summed E-state index contributed by atoms with van der Waals surface area (Å²) >= 11 is 6.05. The van der Waals surface area contributed by atoms with E-state index >= 15 is 0 Å². The Morgan fingerprint density at radius 1 is 1.20 bits per heavy atom. The fraction of sp³-hybridized carbons (Fsp3) is 0.176. The molecule has 2 aromatic rings. The maximum Gasteiger partial charge on any atom is 0.257 e. The molecule has 6 nitrogen and oxygen atoms in total. The van der Waals surface area contributed by atoms with Gasteiger partial charge in [0.2, 0.25) is 10.0 Å². The van der Waals surface area contributed by atoms with E-state index in [1.165, 1.54) is 32.3 Å². The van der Waals surface area contributed by atoms with Crippen LogP contribution >= 0.6 is 11.6 Å². The predicted octanol–water partition coefficient (Wildman–Crippen LogP) is 2.91. The quantitative estimate of drug-likeness (QED) is 0.867. The zero-order chi connectivity index (χ0) is 18.6. The number of nitrogens with zero attached hydrogens (tertiary/aromatic N) is 2. The smallest absolute Gasteiger partial charge is 0.257 e. The molecule has 0 fully saturated rings. The van der Waals surface area contributed by atoms with E-state index in [0.29, 0.717) is 5.69 Å². The molecule has 2 rings (SSSR count). The number of nitriles is 1. The zero-order valence-electron chi connectivity index (χ0n) is 13.7. The van der Waals surface area contributed by atoms with Crippen molar-refractivity contribution in [2.75, 3.05) is 19.4 Å². The lowest BCUT2D eigenvalue weighted by atomic mass is 10.1. The number of amides is 1. The van der Waals surface area contributed by atoms with Crippen molar-refractivity contribution in [3.8, 4) is 6.07 Å². The highest BCUT2D eigenvalue weighted by Gasteiger charge is 2.20. The van der Waals surface area contributed by atoms with E-state index in [9.17, 15) is 13.2 Å². The van der Waals surface area contributed by atoms with E-state index in [1.807, 2.05) is 6.07 Å². The van der Waals surface area contributed by atoms with E-state index < -0.39 is 15.9 Å². The lowest BCUT2D eigenvalue weighted by Gasteiger charge is -2.13. The van der Waals surface area contributed by atoms with Gasteiger partial charge < -0.3 is 5.32 Å². The standard InChI is InChI=1S/C17H16ClN3O3S/c1-21(2)25(23,24)14-7-8-16(18)15(11-14)17(22)20-13-5-3-12(4-6-13)9-10-19/h3-8,11H,9H2,1-2H3,(H,20,22). The summed E-state index contributed by atoms with van der Waals surface area (Å²) in [6.45, 7) is 0. The van der Waals surface area contributed by atoms with Gasteiger partial charge in [-0.15, -0.1) is 0 Å². The summed E-state index contributed by atoms with van der Waals surface area (Å²) in [7, 11) is -0.852. The second-order valence-electron chi connectivity index (χ2n) is 5.42. The summed E-state index contributed by atoms with van der Waals surface area (Å²) in [5.74, 6) is -0.520. The molecule has 0 saturated carbocycles. The molecule has 0 saturated heterocycles. The Morgan fingerprint density at radius 3 is 2.40 bits per heavy atom. The molecular weight excluding hydrogens is 362 g/mol. The third-order valence-electron chi connectivity index (χ3n) is 3.46. The van der Waals surface area contributed by atoms with Crippen molar-refractivity contribution in [2.24, 2.45) is 0 Å². The molecule has 0 aliphatic carbocycles. The van der Waals surface area contributed by atoms with E-state index in [1.54, 1.807) is 24.3 Å². The largest absolute Gasteiger partial charge is 0.322 e. The van der Waals surface area contributed by atoms with Crippen molar-refractivity contribution >= 4 is 33.2 Å². The van der Waals surface area contributed by atoms with Crippen molar-refractivity contribution in [1.29, 1.82) is 5.26 Å². The van der Waals surface area contributed by atoms with Gasteiger partial charge in [-0.25, -0.2) is 12.7 Å². The first-order chi connectivity index (χ1) is 11.8. The zero-order valence-corrected chi connectivity index (χ0v) is 15.2. The summed E-state index contributed by atoms with van der Waals surface area (Å²) in [4.78, 5) is 12.4. The number of nitrogens with one attached hydrogen (secondary N) is 1. The van der Waals surface area contributed by atoms with Crippen LogP contribution in [0.2, 0.25) is 5.02 Å². The summed E-state index contributed by atoms with van der Waals surface area (Å²) in [6.07, 6.45) is 0.282. The summed E-state index contributed by atoms with van der Waals surface area (Å²) in [6, 6.07) is 12.8. The van der Waals surface area contributed by atoms with Crippen LogP contribution in [0.25, 0.3) is 0 Å². The van der Waals surface area contributed by atoms with Gasteiger partial charge in [0.05, 0.1) is 28.0 Å². The lowest BCUT2D eigenvalue weighted by Crippen LogP contribution is -2.23. The average molecular weight is 378 g/mol. The summed E-state index contributed by atoms with van der Waals surface area (Å²) in [5, 5.41) is 11.5. The molecule has 25 heavy (non-hydrogen) atoms. The Balaban J connectivity index is 2.29. The van der Waals surface area contributed by atoms with Gasteiger partial charge in [0.1, 0.15) is 0 Å². The number of anilines is 1. The van der Waals surface area contributed by atoms with Crippen LogP contribution in [0, 0.1) is 11.3 Å². The van der Waals surface area contributed by atoms with Crippen molar-refractivity contribution in [3.05, 3.63) is 58.6 Å². The minimum atomic E-state index is -3.67. The number of hydrogen-bond donors (Lipinski definition) is 1. The molecule has 0 spiro atoms. The number of rotatable bonds is 5. The van der Waals surface area contributed by atoms with Gasteiger partial charge in [0, 0.05) is 19.8 Å². The molecule has 0 radical (unpaired) electrons. The molecule has 0 heterocycles. The molecule has 130 valence electrons. The summed E-state index contributed by atoms with van der Waals surface area (Å²) < 4.78 is 25.5. The predicted molar refractivity (Wildman–Crippen MR) is 96.0 cm³/mol. The molecule has 1 N–H and O–H groups in total. The normalized spacial score (nSPS) is 11.2. The van der Waals surface area contributed by atoms with Crippen LogP contribution in [0.3, 0.4) is 0 Å². The van der Waals surface area contributed by atoms with Gasteiger partial charge in [0.15, 0.2) is 0 Å². The first kappa shape index (κ1) is 18.9. The Bertz CT molecular complexity index is 933. The second kappa shape index (κ2) is 7.66. The van der Waals surface area contributed by atoms with Gasteiger partial charge in [-0.3, -0.25) is 4.79 Å². The SMILES string of the molecule is CN(C)S(=O)(=O)c1ccc(Cl)c(C(=O)Nc2ccc(CC#N)cc2)c1. The minimum absolute atomic E-state index is 0.0172. The van der Waals surface area contributed by atoms with Crippen molar-refractivity contribution in [3.63, 3.8) is 0 Å². The van der Waals surface area contributed by atoms with E-state index in [-0.39, 0.29) is 21.9 Å². The Labute approximate surface area is 151 Å². The van der Waals surface area contributed by atoms with Gasteiger partial charge in [-0.2, -0.15) is 5.26 Å². The first-order valence-corrected chi connectivity index (χ1v) is 9.07. The third-order valence-corrected chi connectivity index (χ3v) is 5.60. The highest BCUT2D eigenvalue weighted by atomic mass is 35.5. The van der Waals surface area contributed by atoms with E-state index in [0.717, 1.165) is 9.87 Å². The number of carbonyl (C=O) groups excluding carboxylic acids is 1. The van der Waals surface area contributed by atoms with Crippen LogP contribution in [0.15, 0.2) is 47.4 Å². The van der Waals surface area contributed by atoms with Crippen LogP contribution in [0.5, 0.6) is 0 Å². The monoisotopic (exact) mass is 377 g/mol. The molecule has 0 aliphatic heterocycles. The topological polar surface area (TPSA) is 90.3 Å². The van der Waals surface area contributed by atoms with E-state index in [4.69, 9.17) is 16.9 Å². The highest BCUT2D eigenvalue weighted by molar-refractivity contribution is 7.89. The van der Waals surface area contributed by atoms with Crippen molar-refractivity contribution in [2.45, 2.75) is 11.3 Å². The number of benzene rings is 2. The first-order valence-electron chi connectivity index (χ1n) is 7.25. The van der Waals surface area contributed by atoms with Crippen LogP contribution in [0.4, 0.5) is 5.69 Å². The minimum Gasteiger partial charge on any atom is -0.322 e. The van der Waals surface area contributed by atoms with Crippen LogP contribution < -0.4 is 5.32 Å². The number of hydrogen-bond acceptors (Lipinski definition) is 4. The van der Waals surface area contributed by atoms with Crippen molar-refractivity contribution < 1.29 is 13.2 Å². The van der Waals surface area contributed by atoms with Gasteiger partial charge in [-0.05, 0) is 35.9 Å². The maximum absolute atomic E-state index is 12.4. The fourth-order valence-corrected chi connectivity index (χ4v) is 3.18. The number of halogens is 1. The second-order valence-corrected chi connectivity index (χ2v) is 7.97. The fourth-order valence-electron chi connectivity index (χ4n) is 2.05. The number of sulfonamides is 1. The molecule has 2 aromatic carbocycles. The maximum atomic E-state index is 12.4. The lowest BCUT2D eigenvalue weighted by molar-refractivity contribution is 0.102. The van der Waals surface area contributed by atoms with Gasteiger partial charge in [-0.1, -0.05) is 23.7 Å². The van der Waals surface area contributed by atoms with Crippen LogP contribution in [-0.2, 0) is 16.4 Å². The Morgan fingerprint density at radius 2 is 1.84 bits per heavy atom. The number of carbonyl (C=O) groups is 1. The molecule has 0 atom stereocenters. The van der Waals surface area contributed by atoms with Gasteiger partial charge in [0.25, 0.3) is 5.91 Å². The molecule has 1 amide bonds. The highest BCUT2D eigenvalue weighted by Crippen LogP contribution is 2.23. The van der Waals surface area contributed by atoms with Crippen molar-refractivity contribution in [1.82, 2.24) is 4.31 Å². The van der Waals surface area contributed by atoms with E-state index in [2.05, 4.69) is 5.32 Å². The Hall–Kier alpha value is -2.40. The summed E-state index contributed by atoms with van der Waals surface area (Å²) in [5.41, 5.74) is 1.41. The molecular formula is C17H16ClN3O3S. The van der Waals surface area contributed by atoms with Crippen LogP contribution in [0.1, 0.15) is 15.9 Å². The molecule has 0 bridgehead atoms. The Kier molecular flexibility index (Phi) is 5.80. The average Bonchev–Trinajstić information content (AvgIpc) is 2.56. The molecule has 0 aromatic heterocycles. The van der Waals surface area contributed by atoms with Crippen LogP contribution in [-0.4, -0.2) is 32.7 Å². The molecule has 8 heteroatoms. The molecule has 0 unspecified atom stereocenters. The van der Waals surface area contributed by atoms with Gasteiger partial charge >= 0.3 is 0 Å². The third kappa shape index (κ3) is 4.37. The molecule has 0 aliphatic rings.